The second kappa shape index (κ2) is 24.2. The zero-order valence-corrected chi connectivity index (χ0v) is 39.5. The van der Waals surface area contributed by atoms with Crippen LogP contribution in [-0.2, 0) is 47.7 Å². The average Bonchev–Trinajstić information content (AvgIpc) is 3.26. The van der Waals surface area contributed by atoms with E-state index in [4.69, 9.17) is 18.9 Å². The molecule has 4 aliphatic rings. The Labute approximate surface area is 379 Å². The Morgan fingerprint density at radius 1 is 0.844 bits per heavy atom. The summed E-state index contributed by atoms with van der Waals surface area (Å²) in [5.74, 6) is -8.67. The molecule has 14 atom stereocenters. The first-order valence-electron chi connectivity index (χ1n) is 23.4. The molecule has 0 aromatic rings. The van der Waals surface area contributed by atoms with Crippen molar-refractivity contribution in [1.29, 1.82) is 0 Å². The summed E-state index contributed by atoms with van der Waals surface area (Å²) in [7, 11) is 2.92. The Bertz CT molecular complexity index is 1780. The van der Waals surface area contributed by atoms with Crippen molar-refractivity contribution in [1.82, 2.24) is 4.90 Å². The van der Waals surface area contributed by atoms with Crippen molar-refractivity contribution in [2.45, 2.75) is 174 Å². The first kappa shape index (κ1) is 53.0. The number of piperidine rings is 1. The molecule has 14 nitrogen and oxygen atoms in total. The van der Waals surface area contributed by atoms with Gasteiger partial charge in [-0.1, -0.05) is 71.1 Å². The summed E-state index contributed by atoms with van der Waals surface area (Å²) in [6, 6.07) is -1.18. The maximum Gasteiger partial charge on any atom is 0.329 e. The van der Waals surface area contributed by atoms with Gasteiger partial charge in [0.05, 0.1) is 24.4 Å². The summed E-state index contributed by atoms with van der Waals surface area (Å²) in [6.07, 6.45) is 9.78. The third kappa shape index (κ3) is 13.7. The van der Waals surface area contributed by atoms with Gasteiger partial charge in [0, 0.05) is 51.4 Å². The highest BCUT2D eigenvalue weighted by molar-refractivity contribution is 6.39. The van der Waals surface area contributed by atoms with Crippen molar-refractivity contribution < 1.29 is 63.0 Å². The van der Waals surface area contributed by atoms with Gasteiger partial charge in [-0.15, -0.1) is 0 Å². The number of hydrogen-bond acceptors (Lipinski definition) is 13. The molecule has 2 bridgehead atoms. The Kier molecular flexibility index (Phi) is 20.0. The molecule has 2 saturated heterocycles. The van der Waals surface area contributed by atoms with Gasteiger partial charge in [-0.05, 0) is 107 Å². The van der Waals surface area contributed by atoms with Crippen LogP contribution >= 0.6 is 0 Å². The highest BCUT2D eigenvalue weighted by atomic mass is 16.6. The van der Waals surface area contributed by atoms with Crippen LogP contribution in [0.3, 0.4) is 0 Å². The minimum atomic E-state index is -2.52. The van der Waals surface area contributed by atoms with Crippen LogP contribution in [0, 0.1) is 35.5 Å². The largest absolute Gasteiger partial charge is 0.460 e. The number of ketones is 4. The topological polar surface area (TPSA) is 203 Å². The normalized spacial score (nSPS) is 37.1. The molecule has 1 aliphatic carbocycles. The Morgan fingerprint density at radius 2 is 1.55 bits per heavy atom. The van der Waals surface area contributed by atoms with Gasteiger partial charge in [0.15, 0.2) is 17.3 Å². The van der Waals surface area contributed by atoms with Crippen molar-refractivity contribution in [3.63, 3.8) is 0 Å². The molecule has 0 aromatic heterocycles. The number of Topliss-reactive ketones (excluding diaryl/α,β-unsaturated/α-hetero) is 4. The van der Waals surface area contributed by atoms with Gasteiger partial charge >= 0.3 is 5.97 Å². The Balaban J connectivity index is 1.69. The van der Waals surface area contributed by atoms with E-state index in [-0.39, 0.29) is 67.0 Å². The first-order chi connectivity index (χ1) is 30.2. The monoisotopic (exact) mass is 898 g/mol. The fourth-order valence-electron chi connectivity index (χ4n) is 9.75. The van der Waals surface area contributed by atoms with Gasteiger partial charge in [0.2, 0.25) is 5.79 Å². The van der Waals surface area contributed by atoms with E-state index in [0.717, 1.165) is 4.90 Å². The smallest absolute Gasteiger partial charge is 0.329 e. The van der Waals surface area contributed by atoms with Crippen LogP contribution in [0.15, 0.2) is 47.6 Å². The molecule has 14 heteroatoms. The van der Waals surface area contributed by atoms with E-state index in [9.17, 15) is 44.1 Å². The molecular weight excluding hydrogens is 823 g/mol. The number of amides is 1. The predicted octanol–water partition coefficient (Wildman–Crippen LogP) is 5.73. The van der Waals surface area contributed by atoms with Gasteiger partial charge in [-0.2, -0.15) is 0 Å². The maximum absolute atomic E-state index is 14.3. The van der Waals surface area contributed by atoms with E-state index in [1.807, 2.05) is 26.0 Å². The third-order valence-electron chi connectivity index (χ3n) is 14.1. The minimum absolute atomic E-state index is 0.0198. The molecule has 3 aliphatic heterocycles. The predicted molar refractivity (Wildman–Crippen MR) is 239 cm³/mol. The number of carbonyl (C=O) groups is 6. The number of carbonyl (C=O) groups excluding carboxylic acids is 6. The van der Waals surface area contributed by atoms with Crippen molar-refractivity contribution in [3.05, 3.63) is 47.6 Å². The number of rotatable bonds is 5. The molecular formula is C50H75NO13. The molecule has 0 spiro atoms. The van der Waals surface area contributed by atoms with Gasteiger partial charge in [-0.3, -0.25) is 24.0 Å². The minimum Gasteiger partial charge on any atom is -0.460 e. The fourth-order valence-corrected chi connectivity index (χ4v) is 9.75. The molecule has 1 amide bonds. The number of fused-ring (bicyclic) bond motifs is 3. The third-order valence-corrected chi connectivity index (χ3v) is 14.1. The standard InChI is InChI=1S/C50H75NO13/c1-29-15-11-10-12-16-30(2)40(53)27-37-20-18-35(7)50(60,64-37)47(57)48(58)51-22-14-13-17-38(51)49(59)63-42(32(4)25-36-19-21-39(52)43(26-36)61-8)28-41(54)31(3)24-34(6)45(56)46(62-9)44(55)33(5)23-29/h10-12,15-16,24,29,32-39,42-43,45-46,52,56,60H,13-14,17-23,25-28H2,1-9H3/t29-,32-,33-,34?,35-,36+,37+,38+,39+,42+,43-,45-,46+,50-/m1/s1. The summed E-state index contributed by atoms with van der Waals surface area (Å²) in [4.78, 5) is 84.6. The van der Waals surface area contributed by atoms with Crippen LogP contribution in [0.25, 0.3) is 0 Å². The molecule has 1 unspecified atom stereocenters. The Hall–Kier alpha value is -3.66. The molecule has 0 radical (unpaired) electrons. The lowest BCUT2D eigenvalue weighted by atomic mass is 9.78. The lowest BCUT2D eigenvalue weighted by Gasteiger charge is -2.42. The summed E-state index contributed by atoms with van der Waals surface area (Å²) >= 11 is 0. The first-order valence-corrected chi connectivity index (χ1v) is 23.4. The second-order valence-corrected chi connectivity index (χ2v) is 19.2. The van der Waals surface area contributed by atoms with Crippen molar-refractivity contribution in [2.24, 2.45) is 35.5 Å². The zero-order valence-electron chi connectivity index (χ0n) is 39.5. The molecule has 64 heavy (non-hydrogen) atoms. The highest BCUT2D eigenvalue weighted by Crippen LogP contribution is 2.37. The van der Waals surface area contributed by atoms with Crippen LogP contribution in [0.5, 0.6) is 0 Å². The van der Waals surface area contributed by atoms with Gasteiger partial charge in [0.25, 0.3) is 11.7 Å². The van der Waals surface area contributed by atoms with Crippen molar-refractivity contribution >= 4 is 35.0 Å². The summed E-state index contributed by atoms with van der Waals surface area (Å²) < 4.78 is 23.3. The van der Waals surface area contributed by atoms with Crippen LogP contribution in [0.4, 0.5) is 0 Å². The maximum atomic E-state index is 14.3. The molecule has 1 saturated carbocycles. The molecule has 3 N–H and O–H groups in total. The molecule has 358 valence electrons. The number of nitrogens with zero attached hydrogens (tertiary/aromatic N) is 1. The number of cyclic esters (lactones) is 1. The number of methoxy groups -OCH3 is 2. The molecule has 4 rings (SSSR count). The van der Waals surface area contributed by atoms with E-state index in [1.165, 1.54) is 7.11 Å². The summed E-state index contributed by atoms with van der Waals surface area (Å²) in [5, 5.41) is 33.7. The molecule has 3 fully saturated rings. The molecule has 0 aromatic carbocycles. The number of aliphatic hydroxyl groups excluding tert-OH is 2. The number of esters is 1. The van der Waals surface area contributed by atoms with Crippen molar-refractivity contribution in [2.75, 3.05) is 20.8 Å². The zero-order chi connectivity index (χ0) is 47.5. The average molecular weight is 898 g/mol. The van der Waals surface area contributed by atoms with E-state index in [1.54, 1.807) is 66.0 Å². The van der Waals surface area contributed by atoms with E-state index in [2.05, 4.69) is 0 Å². The van der Waals surface area contributed by atoms with Crippen molar-refractivity contribution in [3.8, 4) is 0 Å². The lowest BCUT2D eigenvalue weighted by molar-refractivity contribution is -0.262. The second-order valence-electron chi connectivity index (χ2n) is 19.2. The van der Waals surface area contributed by atoms with Crippen LogP contribution in [0.1, 0.15) is 126 Å². The quantitative estimate of drug-likeness (QED) is 0.223. The number of aliphatic hydroxyl groups is 3. The van der Waals surface area contributed by atoms with Crippen LogP contribution < -0.4 is 0 Å². The number of ether oxygens (including phenoxy) is 4. The number of allylic oxidation sites excluding steroid dienone is 7. The van der Waals surface area contributed by atoms with E-state index < -0.39 is 77.8 Å². The number of hydrogen-bond donors (Lipinski definition) is 3. The fraction of sp³-hybridized carbons (Fsp3) is 0.720. The van der Waals surface area contributed by atoms with Gasteiger partial charge < -0.3 is 39.2 Å². The summed E-state index contributed by atoms with van der Waals surface area (Å²) in [6.45, 7) is 12.3. The van der Waals surface area contributed by atoms with Gasteiger partial charge in [-0.25, -0.2) is 4.79 Å². The highest BCUT2D eigenvalue weighted by Gasteiger charge is 2.53. The van der Waals surface area contributed by atoms with E-state index in [0.29, 0.717) is 68.9 Å². The van der Waals surface area contributed by atoms with Gasteiger partial charge in [0.1, 0.15) is 18.2 Å². The van der Waals surface area contributed by atoms with Crippen LogP contribution in [-0.4, -0.2) is 124 Å². The lowest BCUT2D eigenvalue weighted by Crippen LogP contribution is -2.60. The SMILES string of the molecule is CO[C@@H]1C[C@H](C[C@@H](C)[C@@H]2CC(=O)C(C)=CC(C)[C@@H](O)[C@@H](OC)C(=O)[C@H](C)C[C@H](C)C=CC=CC=C(C)C(=O)C[C@@H]3CC[C@@H](C)[C@@](O)(O3)C(=O)C(=O)N3CCCC[C@H]3C(=O)O2)CC[C@@H]1O. The van der Waals surface area contributed by atoms with E-state index >= 15 is 0 Å². The Morgan fingerprint density at radius 3 is 2.23 bits per heavy atom. The summed E-state index contributed by atoms with van der Waals surface area (Å²) in [5.41, 5.74) is 0.726. The molecule has 3 heterocycles. The van der Waals surface area contributed by atoms with Crippen LogP contribution in [0.2, 0.25) is 0 Å².